The van der Waals surface area contributed by atoms with Gasteiger partial charge in [0.05, 0.1) is 12.6 Å². The van der Waals surface area contributed by atoms with Gasteiger partial charge in [0.1, 0.15) is 5.75 Å². The smallest absolute Gasteiger partial charge is 0.259 e. The van der Waals surface area contributed by atoms with Crippen molar-refractivity contribution in [2.75, 3.05) is 34.3 Å². The van der Waals surface area contributed by atoms with Gasteiger partial charge in [-0.2, -0.15) is 0 Å². The first-order chi connectivity index (χ1) is 10.5. The van der Waals surface area contributed by atoms with Gasteiger partial charge >= 0.3 is 0 Å². The van der Waals surface area contributed by atoms with Crippen LogP contribution in [-0.4, -0.2) is 51.0 Å². The average molecular weight is 344 g/mol. The summed E-state index contributed by atoms with van der Waals surface area (Å²) in [5, 5.41) is 5.78. The number of nitrogens with one attached hydrogen (secondary N) is 2. The minimum Gasteiger partial charge on any atom is -0.483 e. The molecule has 23 heavy (non-hydrogen) atoms. The van der Waals surface area contributed by atoms with Crippen molar-refractivity contribution in [1.29, 1.82) is 0 Å². The van der Waals surface area contributed by atoms with Crippen molar-refractivity contribution in [1.82, 2.24) is 15.5 Å². The van der Waals surface area contributed by atoms with E-state index in [0.717, 1.165) is 12.0 Å². The number of carbonyl (C=O) groups excluding carboxylic acids is 2. The molecule has 0 radical (unpaired) electrons. The van der Waals surface area contributed by atoms with E-state index in [1.54, 1.807) is 21.1 Å². The predicted molar refractivity (Wildman–Crippen MR) is 93.0 cm³/mol. The molecule has 0 saturated carbocycles. The summed E-state index contributed by atoms with van der Waals surface area (Å²) in [5.41, 5.74) is 0.876. The van der Waals surface area contributed by atoms with Gasteiger partial charge in [-0.25, -0.2) is 0 Å². The van der Waals surface area contributed by atoms with Crippen LogP contribution >= 0.6 is 12.4 Å². The van der Waals surface area contributed by atoms with Crippen LogP contribution in [-0.2, 0) is 9.59 Å². The first-order valence-corrected chi connectivity index (χ1v) is 7.35. The molecule has 0 aliphatic heterocycles. The summed E-state index contributed by atoms with van der Waals surface area (Å²) < 4.78 is 5.63. The molecule has 130 valence electrons. The Labute approximate surface area is 144 Å². The molecule has 1 unspecified atom stereocenters. The van der Waals surface area contributed by atoms with Gasteiger partial charge in [0.2, 0.25) is 5.91 Å². The minimum atomic E-state index is -0.147. The summed E-state index contributed by atoms with van der Waals surface area (Å²) in [7, 11) is 5.10. The highest BCUT2D eigenvalue weighted by Crippen LogP contribution is 2.27. The molecule has 0 aromatic heterocycles. The lowest BCUT2D eigenvalue weighted by atomic mass is 10.0. The SMILES string of the molecule is CCC(NC(=O)CNC)c1ccccc1OCC(=O)N(C)C.Cl. The molecule has 1 atom stereocenters. The van der Waals surface area contributed by atoms with Crippen LogP contribution in [0.15, 0.2) is 24.3 Å². The number of likely N-dealkylation sites (N-methyl/N-ethyl adjacent to an activating group) is 2. The van der Waals surface area contributed by atoms with E-state index in [0.29, 0.717) is 5.75 Å². The maximum atomic E-state index is 11.8. The molecule has 0 bridgehead atoms. The fourth-order valence-electron chi connectivity index (χ4n) is 1.97. The van der Waals surface area contributed by atoms with Crippen LogP contribution in [0.25, 0.3) is 0 Å². The Bertz CT molecular complexity index is 509. The first-order valence-electron chi connectivity index (χ1n) is 7.35. The molecule has 0 aliphatic carbocycles. The number of amides is 2. The molecule has 0 aliphatic rings. The molecule has 6 nitrogen and oxygen atoms in total. The Balaban J connectivity index is 0.00000484. The van der Waals surface area contributed by atoms with Crippen molar-refractivity contribution in [3.05, 3.63) is 29.8 Å². The third-order valence-corrected chi connectivity index (χ3v) is 3.23. The lowest BCUT2D eigenvalue weighted by molar-refractivity contribution is -0.130. The largest absolute Gasteiger partial charge is 0.483 e. The number of halogens is 1. The second-order valence-electron chi connectivity index (χ2n) is 5.17. The number of nitrogens with zero attached hydrogens (tertiary/aromatic N) is 1. The third-order valence-electron chi connectivity index (χ3n) is 3.23. The summed E-state index contributed by atoms with van der Waals surface area (Å²) in [5.74, 6) is 0.435. The average Bonchev–Trinajstić information content (AvgIpc) is 2.50. The summed E-state index contributed by atoms with van der Waals surface area (Å²) in [6, 6.07) is 7.31. The summed E-state index contributed by atoms with van der Waals surface area (Å²) in [6.45, 7) is 2.23. The van der Waals surface area contributed by atoms with Crippen LogP contribution < -0.4 is 15.4 Å². The zero-order chi connectivity index (χ0) is 16.5. The first kappa shape index (κ1) is 21.2. The Morgan fingerprint density at radius 1 is 1.26 bits per heavy atom. The lowest BCUT2D eigenvalue weighted by Gasteiger charge is -2.21. The van der Waals surface area contributed by atoms with Crippen molar-refractivity contribution >= 4 is 24.2 Å². The van der Waals surface area contributed by atoms with E-state index in [2.05, 4.69) is 10.6 Å². The van der Waals surface area contributed by atoms with Gasteiger partial charge in [0.15, 0.2) is 6.61 Å². The fraction of sp³-hybridized carbons (Fsp3) is 0.500. The van der Waals surface area contributed by atoms with Gasteiger partial charge in [-0.1, -0.05) is 25.1 Å². The van der Waals surface area contributed by atoms with Gasteiger partial charge in [0.25, 0.3) is 5.91 Å². The van der Waals surface area contributed by atoms with Gasteiger partial charge in [0, 0.05) is 19.7 Å². The maximum absolute atomic E-state index is 11.8. The number of hydrogen-bond donors (Lipinski definition) is 2. The number of ether oxygens (including phenoxy) is 1. The van der Waals surface area contributed by atoms with Gasteiger partial charge in [-0.05, 0) is 19.5 Å². The number of para-hydroxylation sites is 1. The molecular formula is C16H26ClN3O3. The molecule has 1 aromatic carbocycles. The van der Waals surface area contributed by atoms with Crippen molar-refractivity contribution in [2.45, 2.75) is 19.4 Å². The quantitative estimate of drug-likeness (QED) is 0.747. The molecule has 0 spiro atoms. The minimum absolute atomic E-state index is 0. The van der Waals surface area contributed by atoms with Gasteiger partial charge in [-0.3, -0.25) is 9.59 Å². The lowest BCUT2D eigenvalue weighted by Crippen LogP contribution is -2.35. The Morgan fingerprint density at radius 2 is 1.91 bits per heavy atom. The van der Waals surface area contributed by atoms with Crippen LogP contribution in [0, 0.1) is 0 Å². The Morgan fingerprint density at radius 3 is 2.48 bits per heavy atom. The molecular weight excluding hydrogens is 318 g/mol. The van der Waals surface area contributed by atoms with E-state index in [1.807, 2.05) is 31.2 Å². The zero-order valence-electron chi connectivity index (χ0n) is 14.1. The van der Waals surface area contributed by atoms with Crippen LogP contribution in [0.4, 0.5) is 0 Å². The zero-order valence-corrected chi connectivity index (χ0v) is 14.9. The molecule has 7 heteroatoms. The highest BCUT2D eigenvalue weighted by molar-refractivity contribution is 5.85. The second-order valence-corrected chi connectivity index (χ2v) is 5.17. The fourth-order valence-corrected chi connectivity index (χ4v) is 1.97. The Kier molecular flexibility index (Phi) is 10.0. The molecule has 0 heterocycles. The molecule has 0 saturated heterocycles. The topological polar surface area (TPSA) is 70.7 Å². The maximum Gasteiger partial charge on any atom is 0.259 e. The van der Waals surface area contributed by atoms with Crippen molar-refractivity contribution in [3.63, 3.8) is 0 Å². The molecule has 1 rings (SSSR count). The highest BCUT2D eigenvalue weighted by atomic mass is 35.5. The predicted octanol–water partition coefficient (Wildman–Crippen LogP) is 1.36. The molecule has 2 N–H and O–H groups in total. The van der Waals surface area contributed by atoms with E-state index >= 15 is 0 Å². The number of hydrogen-bond acceptors (Lipinski definition) is 4. The van der Waals surface area contributed by atoms with Crippen LogP contribution in [0.5, 0.6) is 5.75 Å². The standard InChI is InChI=1S/C16H25N3O3.ClH/c1-5-13(18-15(20)10-17-2)12-8-6-7-9-14(12)22-11-16(21)19(3)4;/h6-9,13,17H,5,10-11H2,1-4H3,(H,18,20);1H. The number of rotatable bonds is 8. The van der Waals surface area contributed by atoms with Crippen molar-refractivity contribution < 1.29 is 14.3 Å². The molecule has 2 amide bonds. The number of carbonyl (C=O) groups is 2. The van der Waals surface area contributed by atoms with Crippen LogP contribution in [0.2, 0.25) is 0 Å². The Hall–Kier alpha value is -1.79. The van der Waals surface area contributed by atoms with Crippen LogP contribution in [0.1, 0.15) is 24.9 Å². The summed E-state index contributed by atoms with van der Waals surface area (Å²) in [6.07, 6.45) is 0.734. The van der Waals surface area contributed by atoms with E-state index < -0.39 is 0 Å². The second kappa shape index (κ2) is 10.9. The molecule has 0 fully saturated rings. The van der Waals surface area contributed by atoms with Crippen molar-refractivity contribution in [3.8, 4) is 5.75 Å². The monoisotopic (exact) mass is 343 g/mol. The normalized spacial score (nSPS) is 11.1. The highest BCUT2D eigenvalue weighted by Gasteiger charge is 2.17. The number of benzene rings is 1. The van der Waals surface area contributed by atoms with Gasteiger partial charge in [-0.15, -0.1) is 12.4 Å². The summed E-state index contributed by atoms with van der Waals surface area (Å²) in [4.78, 5) is 24.9. The van der Waals surface area contributed by atoms with E-state index in [4.69, 9.17) is 4.74 Å². The van der Waals surface area contributed by atoms with E-state index in [1.165, 1.54) is 4.90 Å². The third kappa shape index (κ3) is 6.88. The molecule has 1 aromatic rings. The van der Waals surface area contributed by atoms with Crippen molar-refractivity contribution in [2.24, 2.45) is 0 Å². The van der Waals surface area contributed by atoms with Gasteiger partial charge < -0.3 is 20.3 Å². The van der Waals surface area contributed by atoms with Crippen LogP contribution in [0.3, 0.4) is 0 Å². The van der Waals surface area contributed by atoms with E-state index in [9.17, 15) is 9.59 Å². The van der Waals surface area contributed by atoms with E-state index in [-0.39, 0.29) is 43.4 Å². The summed E-state index contributed by atoms with van der Waals surface area (Å²) >= 11 is 0.